The topological polar surface area (TPSA) is 39.1 Å². The van der Waals surface area contributed by atoms with Crippen LogP contribution in [-0.2, 0) is 0 Å². The van der Waals surface area contributed by atoms with Crippen LogP contribution < -0.4 is 5.32 Å². The lowest BCUT2D eigenvalue weighted by Crippen LogP contribution is -2.50. The van der Waals surface area contributed by atoms with Crippen molar-refractivity contribution < 1.29 is 0 Å². The van der Waals surface area contributed by atoms with Crippen molar-refractivity contribution in [2.24, 2.45) is 11.8 Å². The van der Waals surface area contributed by atoms with Crippen LogP contribution in [0.15, 0.2) is 0 Å². The average Bonchev–Trinajstić information content (AvgIpc) is 2.69. The molecular formula is C13H23N3. The lowest BCUT2D eigenvalue weighted by atomic mass is 9.92. The molecule has 0 aromatic rings. The summed E-state index contributed by atoms with van der Waals surface area (Å²) in [7, 11) is 2.19. The zero-order chi connectivity index (χ0) is 11.5. The van der Waals surface area contributed by atoms with E-state index in [4.69, 9.17) is 5.26 Å². The van der Waals surface area contributed by atoms with E-state index in [2.05, 4.69) is 30.3 Å². The van der Waals surface area contributed by atoms with Gasteiger partial charge in [-0.2, -0.15) is 5.26 Å². The van der Waals surface area contributed by atoms with E-state index in [0.29, 0.717) is 18.0 Å². The molecule has 90 valence electrons. The SMILES string of the molecule is CC1CN(C)CCC1NC1CCCC1C#N. The lowest BCUT2D eigenvalue weighted by molar-refractivity contribution is 0.163. The molecule has 1 saturated carbocycles. The Kier molecular flexibility index (Phi) is 3.83. The molecule has 2 aliphatic rings. The van der Waals surface area contributed by atoms with Crippen LogP contribution in [0.5, 0.6) is 0 Å². The van der Waals surface area contributed by atoms with Crippen molar-refractivity contribution in [1.29, 1.82) is 5.26 Å². The maximum atomic E-state index is 9.08. The number of nitrogens with one attached hydrogen (secondary N) is 1. The van der Waals surface area contributed by atoms with E-state index in [0.717, 1.165) is 6.42 Å². The van der Waals surface area contributed by atoms with Gasteiger partial charge in [0.2, 0.25) is 0 Å². The van der Waals surface area contributed by atoms with Gasteiger partial charge in [-0.3, -0.25) is 0 Å². The highest BCUT2D eigenvalue weighted by Crippen LogP contribution is 2.27. The summed E-state index contributed by atoms with van der Waals surface area (Å²) < 4.78 is 0. The van der Waals surface area contributed by atoms with E-state index in [9.17, 15) is 0 Å². The third-order valence-corrected chi connectivity index (χ3v) is 4.22. The number of rotatable bonds is 2. The van der Waals surface area contributed by atoms with Gasteiger partial charge in [0.25, 0.3) is 0 Å². The van der Waals surface area contributed by atoms with Crippen LogP contribution in [0, 0.1) is 23.2 Å². The Morgan fingerprint density at radius 3 is 2.75 bits per heavy atom. The second-order valence-corrected chi connectivity index (χ2v) is 5.57. The van der Waals surface area contributed by atoms with Crippen molar-refractivity contribution in [2.45, 2.75) is 44.7 Å². The van der Waals surface area contributed by atoms with Gasteiger partial charge in [-0.1, -0.05) is 13.3 Å². The van der Waals surface area contributed by atoms with Gasteiger partial charge in [0, 0.05) is 18.6 Å². The summed E-state index contributed by atoms with van der Waals surface area (Å²) in [6.45, 7) is 4.69. The van der Waals surface area contributed by atoms with Gasteiger partial charge in [0.1, 0.15) is 0 Å². The Labute approximate surface area is 98.8 Å². The van der Waals surface area contributed by atoms with Crippen LogP contribution in [0.25, 0.3) is 0 Å². The third-order valence-electron chi connectivity index (χ3n) is 4.22. The number of hydrogen-bond donors (Lipinski definition) is 1. The first-order valence-electron chi connectivity index (χ1n) is 6.55. The molecule has 2 rings (SSSR count). The summed E-state index contributed by atoms with van der Waals surface area (Å²) in [6.07, 6.45) is 4.73. The Morgan fingerprint density at radius 2 is 2.06 bits per heavy atom. The summed E-state index contributed by atoms with van der Waals surface area (Å²) in [5, 5.41) is 12.8. The molecule has 0 amide bonds. The zero-order valence-electron chi connectivity index (χ0n) is 10.4. The van der Waals surface area contributed by atoms with Crippen molar-refractivity contribution in [1.82, 2.24) is 10.2 Å². The molecule has 1 aliphatic heterocycles. The number of hydrogen-bond acceptors (Lipinski definition) is 3. The fourth-order valence-electron chi connectivity index (χ4n) is 3.19. The smallest absolute Gasteiger partial charge is 0.0672 e. The highest BCUT2D eigenvalue weighted by Gasteiger charge is 2.32. The number of nitrogens with zero attached hydrogens (tertiary/aromatic N) is 2. The second kappa shape index (κ2) is 5.16. The van der Waals surface area contributed by atoms with Crippen LogP contribution >= 0.6 is 0 Å². The molecule has 0 radical (unpaired) electrons. The lowest BCUT2D eigenvalue weighted by Gasteiger charge is -2.37. The molecule has 0 aromatic heterocycles. The van der Waals surface area contributed by atoms with Gasteiger partial charge in [-0.05, 0) is 38.8 Å². The van der Waals surface area contributed by atoms with Crippen LogP contribution in [-0.4, -0.2) is 37.1 Å². The minimum atomic E-state index is 0.256. The summed E-state index contributed by atoms with van der Waals surface area (Å²) in [4.78, 5) is 2.40. The van der Waals surface area contributed by atoms with E-state index >= 15 is 0 Å². The predicted molar refractivity (Wildman–Crippen MR) is 64.9 cm³/mol. The Bertz CT molecular complexity index is 271. The van der Waals surface area contributed by atoms with Gasteiger partial charge < -0.3 is 10.2 Å². The first kappa shape index (κ1) is 11.9. The molecule has 2 fully saturated rings. The highest BCUT2D eigenvalue weighted by atomic mass is 15.1. The fourth-order valence-corrected chi connectivity index (χ4v) is 3.19. The molecule has 3 nitrogen and oxygen atoms in total. The van der Waals surface area contributed by atoms with Crippen LogP contribution in [0.2, 0.25) is 0 Å². The van der Waals surface area contributed by atoms with E-state index < -0.39 is 0 Å². The minimum absolute atomic E-state index is 0.256. The first-order valence-corrected chi connectivity index (χ1v) is 6.55. The molecule has 1 aliphatic carbocycles. The van der Waals surface area contributed by atoms with Crippen molar-refractivity contribution in [3.63, 3.8) is 0 Å². The minimum Gasteiger partial charge on any atom is -0.310 e. The Morgan fingerprint density at radius 1 is 1.25 bits per heavy atom. The summed E-state index contributed by atoms with van der Waals surface area (Å²) in [5.41, 5.74) is 0. The van der Waals surface area contributed by atoms with Gasteiger partial charge in [-0.15, -0.1) is 0 Å². The quantitative estimate of drug-likeness (QED) is 0.770. The Balaban J connectivity index is 1.87. The molecule has 4 unspecified atom stereocenters. The van der Waals surface area contributed by atoms with Gasteiger partial charge in [-0.25, -0.2) is 0 Å². The van der Waals surface area contributed by atoms with Gasteiger partial charge in [0.15, 0.2) is 0 Å². The molecule has 4 atom stereocenters. The molecule has 0 spiro atoms. The first-order chi connectivity index (χ1) is 7.70. The molecule has 0 bridgehead atoms. The number of nitriles is 1. The van der Waals surface area contributed by atoms with Crippen LogP contribution in [0.4, 0.5) is 0 Å². The van der Waals surface area contributed by atoms with Crippen molar-refractivity contribution in [3.05, 3.63) is 0 Å². The van der Waals surface area contributed by atoms with E-state index in [1.165, 1.54) is 32.4 Å². The molecule has 1 N–H and O–H groups in total. The van der Waals surface area contributed by atoms with Crippen LogP contribution in [0.1, 0.15) is 32.6 Å². The normalized spacial score (nSPS) is 40.8. The number of likely N-dealkylation sites (tertiary alicyclic amines) is 1. The molecule has 16 heavy (non-hydrogen) atoms. The molecule has 3 heteroatoms. The predicted octanol–water partition coefficient (Wildman–Crippen LogP) is 1.61. The second-order valence-electron chi connectivity index (χ2n) is 5.57. The number of piperidine rings is 1. The highest BCUT2D eigenvalue weighted by molar-refractivity contribution is 4.98. The van der Waals surface area contributed by atoms with Gasteiger partial charge in [0.05, 0.1) is 12.0 Å². The molecular weight excluding hydrogens is 198 g/mol. The molecule has 1 saturated heterocycles. The summed E-state index contributed by atoms with van der Waals surface area (Å²) in [6, 6.07) is 3.53. The van der Waals surface area contributed by atoms with Gasteiger partial charge >= 0.3 is 0 Å². The maximum absolute atomic E-state index is 9.08. The van der Waals surface area contributed by atoms with Crippen molar-refractivity contribution in [2.75, 3.05) is 20.1 Å². The van der Waals surface area contributed by atoms with Crippen molar-refractivity contribution in [3.8, 4) is 6.07 Å². The maximum Gasteiger partial charge on any atom is 0.0672 e. The average molecular weight is 221 g/mol. The summed E-state index contributed by atoms with van der Waals surface area (Å²) in [5.74, 6) is 0.963. The largest absolute Gasteiger partial charge is 0.310 e. The molecule has 0 aromatic carbocycles. The zero-order valence-corrected chi connectivity index (χ0v) is 10.4. The standard InChI is InChI=1S/C13H23N3/c1-10-9-16(2)7-6-12(10)15-13-5-3-4-11(13)8-14/h10-13,15H,3-7,9H2,1-2H3. The monoisotopic (exact) mass is 221 g/mol. The van der Waals surface area contributed by atoms with E-state index in [1.807, 2.05) is 0 Å². The van der Waals surface area contributed by atoms with E-state index in [1.54, 1.807) is 0 Å². The van der Waals surface area contributed by atoms with Crippen LogP contribution in [0.3, 0.4) is 0 Å². The van der Waals surface area contributed by atoms with Crippen molar-refractivity contribution >= 4 is 0 Å². The summed E-state index contributed by atoms with van der Waals surface area (Å²) >= 11 is 0. The fraction of sp³-hybridized carbons (Fsp3) is 0.923. The third kappa shape index (κ3) is 2.56. The Hall–Kier alpha value is -0.590. The molecule has 1 heterocycles. The van der Waals surface area contributed by atoms with E-state index in [-0.39, 0.29) is 5.92 Å².